The zero-order chi connectivity index (χ0) is 27.3. The first kappa shape index (κ1) is 28.3. The highest BCUT2D eigenvalue weighted by Gasteiger charge is 2.19. The average molecular weight is 514 g/mol. The van der Waals surface area contributed by atoms with Crippen molar-refractivity contribution in [2.24, 2.45) is 0 Å². The van der Waals surface area contributed by atoms with Gasteiger partial charge in [-0.1, -0.05) is 13.8 Å². The van der Waals surface area contributed by atoms with Crippen LogP contribution in [0.3, 0.4) is 0 Å². The highest BCUT2D eigenvalue weighted by Crippen LogP contribution is 2.26. The SMILES string of the molecule is CCc1c(Cc2cc(C)c(CCC(O)C(=O)O)[nH]2)[nH]c(Cc2cc(C)c(CCC(O)C(=O)O)[nH]2)c1CC. The molecule has 0 saturated carbocycles. The predicted octanol–water partition coefficient (Wildman–Crippen LogP) is 3.35. The van der Waals surface area contributed by atoms with E-state index in [0.29, 0.717) is 25.7 Å². The summed E-state index contributed by atoms with van der Waals surface area (Å²) in [5.74, 6) is -2.41. The third-order valence-electron chi connectivity index (χ3n) is 7.10. The van der Waals surface area contributed by atoms with E-state index in [1.54, 1.807) is 0 Å². The summed E-state index contributed by atoms with van der Waals surface area (Å²) in [7, 11) is 0. The van der Waals surface area contributed by atoms with Gasteiger partial charge >= 0.3 is 11.9 Å². The van der Waals surface area contributed by atoms with Gasteiger partial charge < -0.3 is 35.4 Å². The summed E-state index contributed by atoms with van der Waals surface area (Å²) in [6.45, 7) is 8.28. The molecule has 0 saturated heterocycles. The van der Waals surface area contributed by atoms with Crippen LogP contribution in [0.2, 0.25) is 0 Å². The lowest BCUT2D eigenvalue weighted by molar-refractivity contribution is -0.147. The largest absolute Gasteiger partial charge is 0.479 e. The first-order valence-corrected chi connectivity index (χ1v) is 12.9. The van der Waals surface area contributed by atoms with E-state index in [2.05, 4.69) is 40.9 Å². The van der Waals surface area contributed by atoms with Gasteiger partial charge in [0.15, 0.2) is 12.2 Å². The molecule has 0 aromatic carbocycles. The van der Waals surface area contributed by atoms with Crippen LogP contribution < -0.4 is 0 Å². The van der Waals surface area contributed by atoms with Crippen LogP contribution in [0.5, 0.6) is 0 Å². The van der Waals surface area contributed by atoms with E-state index in [0.717, 1.165) is 58.1 Å². The van der Waals surface area contributed by atoms with Crippen LogP contribution in [0.4, 0.5) is 0 Å². The number of aliphatic hydroxyl groups excluding tert-OH is 2. The zero-order valence-corrected chi connectivity index (χ0v) is 22.1. The minimum absolute atomic E-state index is 0.162. The number of aromatic amines is 3. The molecule has 3 heterocycles. The Morgan fingerprint density at radius 3 is 1.41 bits per heavy atom. The number of H-pyrrole nitrogens is 3. The summed E-state index contributed by atoms with van der Waals surface area (Å²) in [6, 6.07) is 4.17. The lowest BCUT2D eigenvalue weighted by Crippen LogP contribution is -2.20. The Kier molecular flexibility index (Phi) is 9.39. The van der Waals surface area contributed by atoms with Crippen molar-refractivity contribution >= 4 is 11.9 Å². The highest BCUT2D eigenvalue weighted by molar-refractivity contribution is 5.72. The maximum atomic E-state index is 10.9. The molecule has 0 radical (unpaired) electrons. The minimum atomic E-state index is -1.37. The number of aryl methyl sites for hydroxylation is 4. The monoisotopic (exact) mass is 513 g/mol. The Hall–Kier alpha value is -3.30. The standard InChI is InChI=1S/C28H39N3O6/c1-5-19-20(6-2)24(14-18-12-16(4)22(30-18)8-10-26(33)28(36)37)31-23(19)13-17-11-15(3)21(29-17)7-9-25(32)27(34)35/h11-12,25-26,29-33H,5-10,13-14H2,1-4H3,(H,34,35)(H,36,37). The number of rotatable bonds is 14. The molecule has 3 rings (SSSR count). The molecule has 0 amide bonds. The van der Waals surface area contributed by atoms with Crippen LogP contribution in [-0.2, 0) is 48.1 Å². The lowest BCUT2D eigenvalue weighted by atomic mass is 10.0. The van der Waals surface area contributed by atoms with Crippen LogP contribution in [-0.4, -0.2) is 59.5 Å². The minimum Gasteiger partial charge on any atom is -0.479 e. The van der Waals surface area contributed by atoms with Crippen molar-refractivity contribution < 1.29 is 30.0 Å². The molecular formula is C28H39N3O6. The van der Waals surface area contributed by atoms with E-state index < -0.39 is 24.1 Å². The highest BCUT2D eigenvalue weighted by atomic mass is 16.4. The Morgan fingerprint density at radius 1 is 0.703 bits per heavy atom. The predicted molar refractivity (Wildman–Crippen MR) is 140 cm³/mol. The first-order chi connectivity index (χ1) is 17.5. The number of aliphatic carboxylic acids is 2. The van der Waals surface area contributed by atoms with Gasteiger partial charge in [0, 0.05) is 47.0 Å². The van der Waals surface area contributed by atoms with Gasteiger partial charge in [-0.05, 0) is 86.8 Å². The number of hydrogen-bond donors (Lipinski definition) is 7. The van der Waals surface area contributed by atoms with Crippen molar-refractivity contribution in [3.05, 3.63) is 68.6 Å². The van der Waals surface area contributed by atoms with E-state index in [4.69, 9.17) is 10.2 Å². The van der Waals surface area contributed by atoms with Crippen molar-refractivity contribution in [3.8, 4) is 0 Å². The fraction of sp³-hybridized carbons (Fsp3) is 0.500. The van der Waals surface area contributed by atoms with Gasteiger partial charge in [-0.2, -0.15) is 0 Å². The summed E-state index contributed by atoms with van der Waals surface area (Å²) in [4.78, 5) is 32.3. The number of hydrogen-bond acceptors (Lipinski definition) is 4. The smallest absolute Gasteiger partial charge is 0.332 e. The van der Waals surface area contributed by atoms with Crippen LogP contribution in [0.1, 0.15) is 83.1 Å². The van der Waals surface area contributed by atoms with Gasteiger partial charge in [-0.25, -0.2) is 9.59 Å². The molecule has 0 spiro atoms. The number of aromatic nitrogens is 3. The van der Waals surface area contributed by atoms with Crippen LogP contribution in [0.15, 0.2) is 12.1 Å². The molecule has 0 fully saturated rings. The molecule has 202 valence electrons. The fourth-order valence-electron chi connectivity index (χ4n) is 5.11. The van der Waals surface area contributed by atoms with E-state index in [1.165, 1.54) is 11.1 Å². The van der Waals surface area contributed by atoms with Gasteiger partial charge in [0.25, 0.3) is 0 Å². The third-order valence-corrected chi connectivity index (χ3v) is 7.10. The molecule has 0 aliphatic carbocycles. The maximum absolute atomic E-state index is 10.9. The molecule has 2 unspecified atom stereocenters. The van der Waals surface area contributed by atoms with E-state index in [1.807, 2.05) is 13.8 Å². The second-order valence-electron chi connectivity index (χ2n) is 9.80. The molecule has 3 aromatic heterocycles. The average Bonchev–Trinajstić information content (AvgIpc) is 3.49. The fourth-order valence-corrected chi connectivity index (χ4v) is 5.11. The molecule has 37 heavy (non-hydrogen) atoms. The van der Waals surface area contributed by atoms with Crippen LogP contribution in [0, 0.1) is 13.8 Å². The summed E-state index contributed by atoms with van der Waals surface area (Å²) in [5, 5.41) is 37.1. The Bertz CT molecular complexity index is 1140. The van der Waals surface area contributed by atoms with E-state index >= 15 is 0 Å². The molecule has 2 atom stereocenters. The van der Waals surface area contributed by atoms with Crippen molar-refractivity contribution in [3.63, 3.8) is 0 Å². The maximum Gasteiger partial charge on any atom is 0.332 e. The molecule has 0 bridgehead atoms. The number of aliphatic hydroxyl groups is 2. The summed E-state index contributed by atoms with van der Waals surface area (Å²) in [5.41, 5.74) is 11.0. The summed E-state index contributed by atoms with van der Waals surface area (Å²) >= 11 is 0. The number of carboxylic acids is 2. The summed E-state index contributed by atoms with van der Waals surface area (Å²) < 4.78 is 0. The van der Waals surface area contributed by atoms with Gasteiger partial charge in [-0.15, -0.1) is 0 Å². The van der Waals surface area contributed by atoms with Crippen LogP contribution in [0.25, 0.3) is 0 Å². The van der Waals surface area contributed by atoms with Crippen molar-refractivity contribution in [2.45, 2.75) is 91.3 Å². The van der Waals surface area contributed by atoms with Crippen molar-refractivity contribution in [1.82, 2.24) is 15.0 Å². The molecule has 0 aliphatic heterocycles. The third kappa shape index (κ3) is 6.93. The van der Waals surface area contributed by atoms with Crippen molar-refractivity contribution in [2.75, 3.05) is 0 Å². The quantitative estimate of drug-likeness (QED) is 0.175. The lowest BCUT2D eigenvalue weighted by Gasteiger charge is -2.05. The molecule has 3 aromatic rings. The van der Waals surface area contributed by atoms with Gasteiger partial charge in [0.1, 0.15) is 0 Å². The Morgan fingerprint density at radius 2 is 1.08 bits per heavy atom. The molecule has 9 heteroatoms. The number of carbonyl (C=O) groups is 2. The van der Waals surface area contributed by atoms with Crippen LogP contribution >= 0.6 is 0 Å². The Balaban J connectivity index is 1.77. The van der Waals surface area contributed by atoms with Gasteiger partial charge in [0.2, 0.25) is 0 Å². The second kappa shape index (κ2) is 12.3. The molecule has 0 aliphatic rings. The zero-order valence-electron chi connectivity index (χ0n) is 22.1. The molecular weight excluding hydrogens is 474 g/mol. The number of carboxylic acid groups (broad SMARTS) is 2. The normalized spacial score (nSPS) is 13.1. The first-order valence-electron chi connectivity index (χ1n) is 12.9. The molecule has 9 nitrogen and oxygen atoms in total. The summed E-state index contributed by atoms with van der Waals surface area (Å²) in [6.07, 6.45) is 1.71. The van der Waals surface area contributed by atoms with Crippen molar-refractivity contribution in [1.29, 1.82) is 0 Å². The van der Waals surface area contributed by atoms with Gasteiger partial charge in [0.05, 0.1) is 0 Å². The Labute approximate surface area is 217 Å². The second-order valence-corrected chi connectivity index (χ2v) is 9.80. The number of nitrogens with one attached hydrogen (secondary N) is 3. The molecule has 7 N–H and O–H groups in total. The van der Waals surface area contributed by atoms with E-state index in [-0.39, 0.29) is 12.8 Å². The topological polar surface area (TPSA) is 162 Å². The van der Waals surface area contributed by atoms with Gasteiger partial charge in [-0.3, -0.25) is 0 Å². The van der Waals surface area contributed by atoms with E-state index in [9.17, 15) is 19.8 Å².